The summed E-state index contributed by atoms with van der Waals surface area (Å²) in [6.45, 7) is 1.80. The van der Waals surface area contributed by atoms with E-state index >= 15 is 0 Å². The lowest BCUT2D eigenvalue weighted by Crippen LogP contribution is -2.23. The molecular weight excluding hydrogens is 252 g/mol. The zero-order chi connectivity index (χ0) is 13.8. The molecule has 0 radical (unpaired) electrons. The number of carbonyl (C=O) groups is 1. The number of amides is 1. The normalized spacial score (nSPS) is 10.2. The second-order valence-corrected chi connectivity index (χ2v) is 3.73. The van der Waals surface area contributed by atoms with Gasteiger partial charge in [-0.2, -0.15) is 0 Å². The highest BCUT2D eigenvalue weighted by Crippen LogP contribution is 2.11. The van der Waals surface area contributed by atoms with Crippen LogP contribution in [-0.2, 0) is 6.54 Å². The van der Waals surface area contributed by atoms with Gasteiger partial charge in [0, 0.05) is 25.6 Å². The first-order valence-corrected chi connectivity index (χ1v) is 5.38. The van der Waals surface area contributed by atoms with Crippen molar-refractivity contribution < 1.29 is 14.1 Å². The number of nitrogens with one attached hydrogen (secondary N) is 1. The third kappa shape index (κ3) is 3.12. The molecule has 0 aliphatic heterocycles. The van der Waals surface area contributed by atoms with Crippen molar-refractivity contribution >= 4 is 11.6 Å². The van der Waals surface area contributed by atoms with E-state index in [0.29, 0.717) is 5.89 Å². The average Bonchev–Trinajstić information content (AvgIpc) is 2.83. The van der Waals surface area contributed by atoms with E-state index in [0.717, 1.165) is 5.56 Å². The molecule has 0 unspecified atom stereocenters. The number of nitro benzene ring substituents is 1. The summed E-state index contributed by atoms with van der Waals surface area (Å²) in [6.07, 6.45) is 0. The van der Waals surface area contributed by atoms with E-state index in [-0.39, 0.29) is 18.1 Å². The Morgan fingerprint density at radius 3 is 2.58 bits per heavy atom. The fourth-order valence-electron chi connectivity index (χ4n) is 1.38. The van der Waals surface area contributed by atoms with Gasteiger partial charge in [-0.25, -0.2) is 0 Å². The topological polar surface area (TPSA) is 111 Å². The lowest BCUT2D eigenvalue weighted by Gasteiger charge is -2.02. The van der Waals surface area contributed by atoms with E-state index in [1.165, 1.54) is 12.1 Å². The van der Waals surface area contributed by atoms with Gasteiger partial charge in [0.1, 0.15) is 0 Å². The minimum atomic E-state index is -0.487. The molecule has 2 aromatic rings. The molecule has 0 aliphatic rings. The van der Waals surface area contributed by atoms with E-state index in [9.17, 15) is 14.9 Å². The number of rotatable bonds is 4. The van der Waals surface area contributed by atoms with Crippen LogP contribution in [0.1, 0.15) is 22.1 Å². The van der Waals surface area contributed by atoms with E-state index in [2.05, 4.69) is 15.5 Å². The van der Waals surface area contributed by atoms with Crippen molar-refractivity contribution in [2.24, 2.45) is 0 Å². The van der Waals surface area contributed by atoms with Gasteiger partial charge in [-0.1, -0.05) is 12.1 Å². The van der Waals surface area contributed by atoms with Crippen LogP contribution in [0, 0.1) is 17.0 Å². The minimum absolute atomic E-state index is 0.00241. The highest BCUT2D eigenvalue weighted by molar-refractivity contribution is 5.89. The van der Waals surface area contributed by atoms with E-state index < -0.39 is 10.8 Å². The predicted octanol–water partition coefficient (Wildman–Crippen LogP) is 1.22. The van der Waals surface area contributed by atoms with Gasteiger partial charge in [0.2, 0.25) is 5.89 Å². The molecular formula is C11H10N4O4. The number of carbonyl (C=O) groups excluding carboxylic acids is 1. The van der Waals surface area contributed by atoms with Crippen LogP contribution >= 0.6 is 0 Å². The van der Waals surface area contributed by atoms with Gasteiger partial charge in [-0.15, -0.1) is 10.2 Å². The van der Waals surface area contributed by atoms with Crippen LogP contribution in [0.25, 0.3) is 0 Å². The maximum Gasteiger partial charge on any atom is 0.309 e. The highest BCUT2D eigenvalue weighted by atomic mass is 16.6. The van der Waals surface area contributed by atoms with Gasteiger partial charge in [-0.05, 0) is 5.56 Å². The molecule has 0 atom stereocenters. The van der Waals surface area contributed by atoms with Crippen molar-refractivity contribution in [2.45, 2.75) is 13.5 Å². The lowest BCUT2D eigenvalue weighted by atomic mass is 10.2. The number of benzene rings is 1. The molecule has 0 fully saturated rings. The summed E-state index contributed by atoms with van der Waals surface area (Å²) >= 11 is 0. The number of hydrogen-bond donors (Lipinski definition) is 1. The Balaban J connectivity index is 1.95. The maximum atomic E-state index is 11.6. The van der Waals surface area contributed by atoms with Crippen LogP contribution in [0.4, 0.5) is 5.69 Å². The van der Waals surface area contributed by atoms with Gasteiger partial charge in [-0.3, -0.25) is 14.9 Å². The average molecular weight is 262 g/mol. The van der Waals surface area contributed by atoms with Gasteiger partial charge < -0.3 is 9.73 Å². The van der Waals surface area contributed by atoms with Crippen LogP contribution in [0.3, 0.4) is 0 Å². The summed E-state index contributed by atoms with van der Waals surface area (Å²) < 4.78 is 4.96. The Labute approximate surface area is 107 Å². The fourth-order valence-corrected chi connectivity index (χ4v) is 1.38. The second kappa shape index (κ2) is 5.25. The van der Waals surface area contributed by atoms with E-state index in [4.69, 9.17) is 4.42 Å². The van der Waals surface area contributed by atoms with Crippen molar-refractivity contribution in [2.75, 3.05) is 0 Å². The first kappa shape index (κ1) is 12.7. The summed E-state index contributed by atoms with van der Waals surface area (Å²) in [4.78, 5) is 21.6. The van der Waals surface area contributed by atoms with Gasteiger partial charge in [0.05, 0.1) is 4.92 Å². The predicted molar refractivity (Wildman–Crippen MR) is 63.3 cm³/mol. The minimum Gasteiger partial charge on any atom is -0.417 e. The molecule has 1 amide bonds. The van der Waals surface area contributed by atoms with E-state index in [1.807, 2.05) is 0 Å². The van der Waals surface area contributed by atoms with Crippen molar-refractivity contribution in [3.8, 4) is 0 Å². The van der Waals surface area contributed by atoms with Crippen LogP contribution in [0.5, 0.6) is 0 Å². The zero-order valence-corrected chi connectivity index (χ0v) is 9.99. The van der Waals surface area contributed by atoms with Gasteiger partial charge >= 0.3 is 11.8 Å². The molecule has 0 saturated carbocycles. The van der Waals surface area contributed by atoms with Crippen molar-refractivity contribution in [3.05, 3.63) is 51.7 Å². The quantitative estimate of drug-likeness (QED) is 0.654. The van der Waals surface area contributed by atoms with Gasteiger partial charge in [0.25, 0.3) is 5.69 Å². The molecule has 8 nitrogen and oxygen atoms in total. The zero-order valence-electron chi connectivity index (χ0n) is 9.99. The van der Waals surface area contributed by atoms with Gasteiger partial charge in [0.15, 0.2) is 0 Å². The SMILES string of the molecule is Cc1nnc(C(=O)NCc2ccc([N+](=O)[O-])cc2)o1. The third-order valence-electron chi connectivity index (χ3n) is 2.32. The Hall–Kier alpha value is -2.77. The molecule has 0 aliphatic carbocycles. The summed E-state index contributed by atoms with van der Waals surface area (Å²) in [5, 5.41) is 20.2. The molecule has 0 spiro atoms. The molecule has 2 rings (SSSR count). The lowest BCUT2D eigenvalue weighted by molar-refractivity contribution is -0.384. The number of nitrogens with zero attached hydrogens (tertiary/aromatic N) is 3. The van der Waals surface area contributed by atoms with Crippen molar-refractivity contribution in [1.29, 1.82) is 0 Å². The molecule has 8 heteroatoms. The number of nitro groups is 1. The number of non-ortho nitro benzene ring substituents is 1. The van der Waals surface area contributed by atoms with E-state index in [1.54, 1.807) is 19.1 Å². The number of aryl methyl sites for hydroxylation is 1. The second-order valence-electron chi connectivity index (χ2n) is 3.73. The number of aromatic nitrogens is 2. The Bertz CT molecular complexity index is 605. The van der Waals surface area contributed by atoms with Crippen LogP contribution in [0.15, 0.2) is 28.7 Å². The molecule has 19 heavy (non-hydrogen) atoms. The summed E-state index contributed by atoms with van der Waals surface area (Å²) in [5.41, 5.74) is 0.734. The molecule has 1 aromatic heterocycles. The third-order valence-corrected chi connectivity index (χ3v) is 2.32. The summed E-state index contributed by atoms with van der Waals surface area (Å²) in [7, 11) is 0. The fraction of sp³-hybridized carbons (Fsp3) is 0.182. The first-order chi connectivity index (χ1) is 9.06. The van der Waals surface area contributed by atoms with Crippen LogP contribution < -0.4 is 5.32 Å². The Kier molecular flexibility index (Phi) is 3.51. The largest absolute Gasteiger partial charge is 0.417 e. The molecule has 1 heterocycles. The molecule has 1 N–H and O–H groups in total. The molecule has 0 saturated heterocycles. The summed E-state index contributed by atoms with van der Waals surface area (Å²) in [5.74, 6) is -0.293. The smallest absolute Gasteiger partial charge is 0.309 e. The highest BCUT2D eigenvalue weighted by Gasteiger charge is 2.12. The van der Waals surface area contributed by atoms with Crippen molar-refractivity contribution in [1.82, 2.24) is 15.5 Å². The standard InChI is InChI=1S/C11H10N4O4/c1-7-13-14-11(19-7)10(16)12-6-8-2-4-9(5-3-8)15(17)18/h2-5H,6H2,1H3,(H,12,16). The van der Waals surface area contributed by atoms with Crippen LogP contribution in [-0.4, -0.2) is 21.0 Å². The molecule has 98 valence electrons. The Morgan fingerprint density at radius 2 is 2.05 bits per heavy atom. The number of hydrogen-bond acceptors (Lipinski definition) is 6. The van der Waals surface area contributed by atoms with Crippen LogP contribution in [0.2, 0.25) is 0 Å². The maximum absolute atomic E-state index is 11.6. The first-order valence-electron chi connectivity index (χ1n) is 5.38. The van der Waals surface area contributed by atoms with Crippen molar-refractivity contribution in [3.63, 3.8) is 0 Å². The summed E-state index contributed by atoms with van der Waals surface area (Å²) in [6, 6.07) is 5.88. The molecule has 0 bridgehead atoms. The molecule has 1 aromatic carbocycles. The Morgan fingerprint density at radius 1 is 1.37 bits per heavy atom. The monoisotopic (exact) mass is 262 g/mol.